The molecular formula is C18H10F3N3O. The Kier molecular flexibility index (Phi) is 4.11. The number of rotatable bonds is 2. The number of fused-ring (bicyclic) bond motifs is 1. The van der Waals surface area contributed by atoms with Crippen LogP contribution in [0, 0.1) is 11.3 Å². The monoisotopic (exact) mass is 341 g/mol. The Morgan fingerprint density at radius 2 is 1.92 bits per heavy atom. The summed E-state index contributed by atoms with van der Waals surface area (Å²) in [4.78, 5) is 18.8. The summed E-state index contributed by atoms with van der Waals surface area (Å²) < 4.78 is 38.4. The number of H-pyrrole nitrogens is 1. The van der Waals surface area contributed by atoms with Gasteiger partial charge in [0.1, 0.15) is 6.07 Å². The van der Waals surface area contributed by atoms with Crippen LogP contribution in [-0.2, 0) is 6.18 Å². The van der Waals surface area contributed by atoms with Crippen LogP contribution in [0.4, 0.5) is 13.2 Å². The third-order valence-electron chi connectivity index (χ3n) is 3.51. The summed E-state index contributed by atoms with van der Waals surface area (Å²) in [6.07, 6.45) is -3.23. The summed E-state index contributed by atoms with van der Waals surface area (Å²) in [5.41, 5.74) is -0.708. The highest BCUT2D eigenvalue weighted by Crippen LogP contribution is 2.30. The van der Waals surface area contributed by atoms with Gasteiger partial charge < -0.3 is 4.98 Å². The standard InChI is InChI=1S/C18H10F3N3O/c19-18(20,21)13-5-3-4-11(9-13)8-12(10-22)16-23-15-7-2-1-6-14(15)17(25)24-16/h1-9H,(H,23,24,25). The molecule has 0 saturated carbocycles. The fraction of sp³-hybridized carbons (Fsp3) is 0.0556. The van der Waals surface area contributed by atoms with Gasteiger partial charge >= 0.3 is 6.18 Å². The second kappa shape index (κ2) is 6.24. The summed E-state index contributed by atoms with van der Waals surface area (Å²) in [7, 11) is 0. The van der Waals surface area contributed by atoms with Crippen LogP contribution in [0.1, 0.15) is 17.0 Å². The number of aromatic amines is 1. The Labute approximate surface area is 139 Å². The van der Waals surface area contributed by atoms with Crippen LogP contribution >= 0.6 is 0 Å². The Bertz CT molecular complexity index is 1080. The number of allylic oxidation sites excluding steroid dienone is 1. The van der Waals surface area contributed by atoms with Crippen molar-refractivity contribution < 1.29 is 13.2 Å². The van der Waals surface area contributed by atoms with Crippen LogP contribution in [-0.4, -0.2) is 9.97 Å². The predicted octanol–water partition coefficient (Wildman–Crippen LogP) is 4.01. The van der Waals surface area contributed by atoms with Crippen LogP contribution in [0.3, 0.4) is 0 Å². The number of hydrogen-bond acceptors (Lipinski definition) is 3. The third kappa shape index (κ3) is 3.43. The normalized spacial score (nSPS) is 12.2. The van der Waals surface area contributed by atoms with Gasteiger partial charge in [-0.2, -0.15) is 18.4 Å². The second-order valence-corrected chi connectivity index (χ2v) is 5.22. The average molecular weight is 341 g/mol. The van der Waals surface area contributed by atoms with E-state index in [1.165, 1.54) is 18.2 Å². The van der Waals surface area contributed by atoms with Crippen molar-refractivity contribution in [3.05, 3.63) is 75.8 Å². The van der Waals surface area contributed by atoms with E-state index < -0.39 is 17.3 Å². The number of hydrogen-bond donors (Lipinski definition) is 1. The molecule has 0 unspecified atom stereocenters. The van der Waals surface area contributed by atoms with Gasteiger partial charge in [-0.05, 0) is 35.9 Å². The van der Waals surface area contributed by atoms with Gasteiger partial charge in [0.25, 0.3) is 5.56 Å². The molecule has 25 heavy (non-hydrogen) atoms. The molecule has 0 spiro atoms. The second-order valence-electron chi connectivity index (χ2n) is 5.22. The van der Waals surface area contributed by atoms with Crippen LogP contribution < -0.4 is 5.56 Å². The number of nitriles is 1. The van der Waals surface area contributed by atoms with Crippen molar-refractivity contribution >= 4 is 22.6 Å². The minimum Gasteiger partial charge on any atom is -0.305 e. The van der Waals surface area contributed by atoms with Gasteiger partial charge in [-0.3, -0.25) is 4.79 Å². The summed E-state index contributed by atoms with van der Waals surface area (Å²) in [6.45, 7) is 0. The van der Waals surface area contributed by atoms with Crippen LogP contribution in [0.25, 0.3) is 22.6 Å². The summed E-state index contributed by atoms with van der Waals surface area (Å²) in [5, 5.41) is 9.69. The molecule has 0 bridgehead atoms. The van der Waals surface area contributed by atoms with Gasteiger partial charge in [-0.25, -0.2) is 4.98 Å². The van der Waals surface area contributed by atoms with Crippen LogP contribution in [0.5, 0.6) is 0 Å². The van der Waals surface area contributed by atoms with Gasteiger partial charge in [0.05, 0.1) is 22.0 Å². The number of aromatic nitrogens is 2. The summed E-state index contributed by atoms with van der Waals surface area (Å²) >= 11 is 0. The Morgan fingerprint density at radius 1 is 1.16 bits per heavy atom. The van der Waals surface area contributed by atoms with Crippen molar-refractivity contribution in [1.29, 1.82) is 5.26 Å². The molecule has 0 amide bonds. The molecule has 0 aliphatic carbocycles. The lowest BCUT2D eigenvalue weighted by atomic mass is 10.1. The maximum atomic E-state index is 12.8. The molecule has 0 atom stereocenters. The molecule has 1 aromatic heterocycles. The lowest BCUT2D eigenvalue weighted by Crippen LogP contribution is -2.11. The molecule has 0 saturated heterocycles. The largest absolute Gasteiger partial charge is 0.416 e. The molecule has 3 rings (SSSR count). The number of nitrogens with zero attached hydrogens (tertiary/aromatic N) is 2. The molecule has 2 aromatic carbocycles. The summed E-state index contributed by atoms with van der Waals surface area (Å²) in [6, 6.07) is 13.0. The van der Waals surface area contributed by atoms with Gasteiger partial charge in [0.15, 0.2) is 5.82 Å². The van der Waals surface area contributed by atoms with E-state index in [0.717, 1.165) is 12.1 Å². The fourth-order valence-electron chi connectivity index (χ4n) is 2.34. The molecule has 0 aliphatic rings. The molecule has 124 valence electrons. The van der Waals surface area contributed by atoms with Crippen molar-refractivity contribution in [2.75, 3.05) is 0 Å². The minimum absolute atomic E-state index is 0.00334. The smallest absolute Gasteiger partial charge is 0.305 e. The van der Waals surface area contributed by atoms with Gasteiger partial charge in [-0.1, -0.05) is 24.3 Å². The van der Waals surface area contributed by atoms with Crippen LogP contribution in [0.2, 0.25) is 0 Å². The summed E-state index contributed by atoms with van der Waals surface area (Å²) in [5.74, 6) is 0.00334. The minimum atomic E-state index is -4.48. The zero-order valence-electron chi connectivity index (χ0n) is 12.6. The number of halogens is 3. The van der Waals surface area contributed by atoms with E-state index in [4.69, 9.17) is 0 Å². The maximum absolute atomic E-state index is 12.8. The van der Waals surface area contributed by atoms with Crippen molar-refractivity contribution in [2.45, 2.75) is 6.18 Å². The van der Waals surface area contributed by atoms with Crippen molar-refractivity contribution in [3.8, 4) is 6.07 Å². The van der Waals surface area contributed by atoms with Crippen molar-refractivity contribution in [3.63, 3.8) is 0 Å². The first-order chi connectivity index (χ1) is 11.9. The molecule has 0 radical (unpaired) electrons. The number of nitrogens with one attached hydrogen (secondary N) is 1. The van der Waals surface area contributed by atoms with Gasteiger partial charge in [-0.15, -0.1) is 0 Å². The predicted molar refractivity (Wildman–Crippen MR) is 87.3 cm³/mol. The first-order valence-corrected chi connectivity index (χ1v) is 7.17. The molecule has 1 heterocycles. The average Bonchev–Trinajstić information content (AvgIpc) is 2.59. The molecule has 0 aliphatic heterocycles. The SMILES string of the molecule is N#CC(=Cc1cccc(C(F)(F)F)c1)c1nc2ccccc2c(=O)[nH]1. The first kappa shape index (κ1) is 16.5. The molecule has 4 nitrogen and oxygen atoms in total. The van der Waals surface area contributed by atoms with Crippen molar-refractivity contribution in [1.82, 2.24) is 9.97 Å². The lowest BCUT2D eigenvalue weighted by Gasteiger charge is -2.07. The van der Waals surface area contributed by atoms with Crippen LogP contribution in [0.15, 0.2) is 53.3 Å². The Balaban J connectivity index is 2.11. The first-order valence-electron chi connectivity index (χ1n) is 7.17. The van der Waals surface area contributed by atoms with Crippen molar-refractivity contribution in [2.24, 2.45) is 0 Å². The zero-order valence-corrected chi connectivity index (χ0v) is 12.6. The van der Waals surface area contributed by atoms with Gasteiger partial charge in [0, 0.05) is 0 Å². The highest BCUT2D eigenvalue weighted by molar-refractivity contribution is 5.89. The number of benzene rings is 2. The van der Waals surface area contributed by atoms with E-state index in [0.29, 0.717) is 10.9 Å². The fourth-order valence-corrected chi connectivity index (χ4v) is 2.34. The van der Waals surface area contributed by atoms with E-state index in [1.807, 2.05) is 6.07 Å². The lowest BCUT2D eigenvalue weighted by molar-refractivity contribution is -0.137. The number of para-hydroxylation sites is 1. The quantitative estimate of drug-likeness (QED) is 0.716. The number of alkyl halides is 3. The molecule has 0 fully saturated rings. The van der Waals surface area contributed by atoms with E-state index in [9.17, 15) is 23.2 Å². The Morgan fingerprint density at radius 3 is 2.64 bits per heavy atom. The van der Waals surface area contributed by atoms with E-state index >= 15 is 0 Å². The molecular weight excluding hydrogens is 331 g/mol. The maximum Gasteiger partial charge on any atom is 0.416 e. The van der Waals surface area contributed by atoms with Gasteiger partial charge in [0.2, 0.25) is 0 Å². The highest BCUT2D eigenvalue weighted by Gasteiger charge is 2.30. The Hall–Kier alpha value is -3.40. The highest BCUT2D eigenvalue weighted by atomic mass is 19.4. The third-order valence-corrected chi connectivity index (χ3v) is 3.51. The molecule has 7 heteroatoms. The topological polar surface area (TPSA) is 69.5 Å². The van der Waals surface area contributed by atoms with E-state index in [-0.39, 0.29) is 17.0 Å². The van der Waals surface area contributed by atoms with E-state index in [1.54, 1.807) is 24.3 Å². The van der Waals surface area contributed by atoms with E-state index in [2.05, 4.69) is 9.97 Å². The molecule has 3 aromatic rings. The molecule has 1 N–H and O–H groups in total. The zero-order chi connectivity index (χ0) is 18.0.